The zero-order chi connectivity index (χ0) is 28.3. The summed E-state index contributed by atoms with van der Waals surface area (Å²) in [4.78, 5) is 23.5. The molecule has 0 bridgehead atoms. The number of morpholine rings is 1. The fourth-order valence-corrected chi connectivity index (χ4v) is 5.54. The summed E-state index contributed by atoms with van der Waals surface area (Å²) < 4.78 is 41.3. The second-order valence-electron chi connectivity index (χ2n) is 9.32. The van der Waals surface area contributed by atoms with Crippen LogP contribution in [0.15, 0.2) is 47.4 Å². The van der Waals surface area contributed by atoms with E-state index in [2.05, 4.69) is 10.4 Å². The molecule has 0 saturated carbocycles. The maximum Gasteiger partial charge on any atom is 0.272 e. The summed E-state index contributed by atoms with van der Waals surface area (Å²) in [6.45, 7) is 8.02. The first kappa shape index (κ1) is 28.2. The third-order valence-electron chi connectivity index (χ3n) is 6.48. The number of aryl methyl sites for hydroxylation is 1. The van der Waals surface area contributed by atoms with Gasteiger partial charge in [-0.15, -0.1) is 0 Å². The number of nitro benzene ring substituents is 1. The van der Waals surface area contributed by atoms with Gasteiger partial charge in [-0.05, 0) is 45.4 Å². The normalized spacial score (nSPS) is 15.1. The van der Waals surface area contributed by atoms with Gasteiger partial charge in [0.05, 0.1) is 23.8 Å². The predicted molar refractivity (Wildman–Crippen MR) is 143 cm³/mol. The Bertz CT molecular complexity index is 1480. The van der Waals surface area contributed by atoms with Crippen LogP contribution in [0.3, 0.4) is 0 Å². The van der Waals surface area contributed by atoms with Crippen LogP contribution in [0.2, 0.25) is 0 Å². The lowest BCUT2D eigenvalue weighted by atomic mass is 10.2. The number of hydrogen-bond donors (Lipinski definition) is 1. The fourth-order valence-electron chi connectivity index (χ4n) is 4.00. The smallest absolute Gasteiger partial charge is 0.272 e. The summed E-state index contributed by atoms with van der Waals surface area (Å²) in [5.41, 5.74) is 1.69. The highest BCUT2D eigenvalue weighted by Gasteiger charge is 2.32. The molecule has 0 unspecified atom stereocenters. The van der Waals surface area contributed by atoms with Gasteiger partial charge in [0.1, 0.15) is 10.6 Å². The van der Waals surface area contributed by atoms with E-state index in [-0.39, 0.29) is 54.6 Å². The fraction of sp³-hybridized carbons (Fsp3) is 0.385. The van der Waals surface area contributed by atoms with E-state index in [1.54, 1.807) is 19.1 Å². The molecule has 1 N–H and O–H groups in total. The molecule has 1 atom stereocenters. The molecular formula is C26H31N5O7S. The van der Waals surface area contributed by atoms with Gasteiger partial charge in [0.2, 0.25) is 15.9 Å². The van der Waals surface area contributed by atoms with Gasteiger partial charge in [0.25, 0.3) is 11.6 Å². The SMILES string of the molecule is CC[C@@H](C)NC(=O)c1nn(-c2ccc(C)cc2)c(Oc2ccc([N+](=O)[O-])cc2S(=O)(=O)N2CCOCC2)c1C. The highest BCUT2D eigenvalue weighted by Crippen LogP contribution is 2.37. The van der Waals surface area contributed by atoms with E-state index in [1.807, 2.05) is 32.9 Å². The Morgan fingerprint density at radius 3 is 2.46 bits per heavy atom. The summed E-state index contributed by atoms with van der Waals surface area (Å²) in [5, 5.41) is 18.9. The van der Waals surface area contributed by atoms with Crippen LogP contribution in [-0.2, 0) is 14.8 Å². The summed E-state index contributed by atoms with van der Waals surface area (Å²) in [6.07, 6.45) is 0.721. The Morgan fingerprint density at radius 1 is 1.18 bits per heavy atom. The number of nitrogens with zero attached hydrogens (tertiary/aromatic N) is 4. The monoisotopic (exact) mass is 557 g/mol. The van der Waals surface area contributed by atoms with E-state index in [0.717, 1.165) is 18.1 Å². The standard InChI is InChI=1S/C26H31N5O7S/c1-5-18(3)27-25(32)24-19(4)26(30(28-24)20-8-6-17(2)7-9-20)38-22-11-10-21(31(33)34)16-23(22)39(35,36)29-12-14-37-15-13-29/h6-11,16,18H,5,12-15H2,1-4H3,(H,27,32)/t18-/m1/s1. The molecule has 1 saturated heterocycles. The molecule has 12 nitrogen and oxygen atoms in total. The van der Waals surface area contributed by atoms with Gasteiger partial charge in [-0.3, -0.25) is 14.9 Å². The molecule has 39 heavy (non-hydrogen) atoms. The van der Waals surface area contributed by atoms with Crippen LogP contribution in [0.4, 0.5) is 5.69 Å². The number of benzene rings is 2. The van der Waals surface area contributed by atoms with Crippen molar-refractivity contribution in [2.45, 2.75) is 45.1 Å². The first-order valence-corrected chi connectivity index (χ1v) is 14.0. The van der Waals surface area contributed by atoms with Gasteiger partial charge in [-0.2, -0.15) is 14.1 Å². The summed E-state index contributed by atoms with van der Waals surface area (Å²) in [7, 11) is -4.18. The molecule has 2 aromatic carbocycles. The third kappa shape index (κ3) is 5.95. The average Bonchev–Trinajstić information content (AvgIpc) is 3.25. The number of aromatic nitrogens is 2. The van der Waals surface area contributed by atoms with Crippen LogP contribution in [0, 0.1) is 24.0 Å². The van der Waals surface area contributed by atoms with E-state index in [4.69, 9.17) is 9.47 Å². The molecular weight excluding hydrogens is 526 g/mol. The van der Waals surface area contributed by atoms with Crippen molar-refractivity contribution in [1.29, 1.82) is 0 Å². The molecule has 4 rings (SSSR count). The van der Waals surface area contributed by atoms with Crippen molar-refractivity contribution in [3.8, 4) is 17.3 Å². The minimum Gasteiger partial charge on any atom is -0.437 e. The van der Waals surface area contributed by atoms with Gasteiger partial charge >= 0.3 is 0 Å². The Kier molecular flexibility index (Phi) is 8.33. The lowest BCUT2D eigenvalue weighted by molar-refractivity contribution is -0.385. The Hall–Kier alpha value is -3.81. The number of amides is 1. The van der Waals surface area contributed by atoms with Gasteiger partial charge in [0, 0.05) is 36.8 Å². The molecule has 3 aromatic rings. The van der Waals surface area contributed by atoms with Gasteiger partial charge in [0.15, 0.2) is 5.69 Å². The number of ether oxygens (including phenoxy) is 2. The van der Waals surface area contributed by atoms with E-state index >= 15 is 0 Å². The van der Waals surface area contributed by atoms with Crippen molar-refractivity contribution < 1.29 is 27.6 Å². The highest BCUT2D eigenvalue weighted by molar-refractivity contribution is 7.89. The minimum atomic E-state index is -4.18. The summed E-state index contributed by atoms with van der Waals surface area (Å²) in [5.74, 6) is -0.416. The average molecular weight is 558 g/mol. The zero-order valence-electron chi connectivity index (χ0n) is 22.2. The number of rotatable bonds is 9. The molecule has 0 spiro atoms. The number of sulfonamides is 1. The molecule has 0 radical (unpaired) electrons. The van der Waals surface area contributed by atoms with Gasteiger partial charge in [-0.1, -0.05) is 24.6 Å². The number of hydrogen-bond acceptors (Lipinski definition) is 8. The minimum absolute atomic E-state index is 0.0919. The topological polar surface area (TPSA) is 146 Å². The molecule has 1 amide bonds. The molecule has 208 valence electrons. The second-order valence-corrected chi connectivity index (χ2v) is 11.2. The number of non-ortho nitro benzene ring substituents is 1. The molecule has 13 heteroatoms. The number of carbonyl (C=O) groups excluding carboxylic acids is 1. The third-order valence-corrected chi connectivity index (χ3v) is 8.40. The van der Waals surface area contributed by atoms with E-state index < -0.39 is 26.5 Å². The maximum atomic E-state index is 13.6. The van der Waals surface area contributed by atoms with Crippen molar-refractivity contribution in [3.05, 3.63) is 69.4 Å². The highest BCUT2D eigenvalue weighted by atomic mass is 32.2. The van der Waals surface area contributed by atoms with Gasteiger partial charge in [-0.25, -0.2) is 8.42 Å². The van der Waals surface area contributed by atoms with Crippen molar-refractivity contribution >= 4 is 21.6 Å². The molecule has 1 aromatic heterocycles. The summed E-state index contributed by atoms with van der Waals surface area (Å²) in [6, 6.07) is 10.6. The van der Waals surface area contributed by atoms with Gasteiger partial charge < -0.3 is 14.8 Å². The van der Waals surface area contributed by atoms with Crippen molar-refractivity contribution in [1.82, 2.24) is 19.4 Å². The van der Waals surface area contributed by atoms with E-state index in [9.17, 15) is 23.3 Å². The van der Waals surface area contributed by atoms with Crippen molar-refractivity contribution in [3.63, 3.8) is 0 Å². The Labute approximate surface area is 226 Å². The quantitative estimate of drug-likeness (QED) is 0.309. The van der Waals surface area contributed by atoms with Crippen LogP contribution in [0.5, 0.6) is 11.6 Å². The number of carbonyl (C=O) groups is 1. The zero-order valence-corrected chi connectivity index (χ0v) is 23.0. The molecule has 2 heterocycles. The maximum absolute atomic E-state index is 13.6. The molecule has 1 aliphatic heterocycles. The van der Waals surface area contributed by atoms with Crippen molar-refractivity contribution in [2.75, 3.05) is 26.3 Å². The largest absolute Gasteiger partial charge is 0.437 e. The van der Waals surface area contributed by atoms with Crippen LogP contribution < -0.4 is 10.1 Å². The molecule has 0 aliphatic carbocycles. The first-order valence-electron chi connectivity index (χ1n) is 12.5. The Balaban J connectivity index is 1.85. The number of nitro groups is 1. The Morgan fingerprint density at radius 2 is 1.85 bits per heavy atom. The van der Waals surface area contributed by atoms with Crippen LogP contribution in [0.25, 0.3) is 5.69 Å². The second kappa shape index (κ2) is 11.5. The van der Waals surface area contributed by atoms with E-state index in [1.165, 1.54) is 21.1 Å². The first-order chi connectivity index (χ1) is 18.5. The van der Waals surface area contributed by atoms with E-state index in [0.29, 0.717) is 11.3 Å². The van der Waals surface area contributed by atoms with Crippen molar-refractivity contribution in [2.24, 2.45) is 0 Å². The number of nitrogens with one attached hydrogen (secondary N) is 1. The summed E-state index contributed by atoms with van der Waals surface area (Å²) >= 11 is 0. The molecule has 1 aliphatic rings. The molecule has 1 fully saturated rings. The van der Waals surface area contributed by atoms with Crippen LogP contribution >= 0.6 is 0 Å². The predicted octanol–water partition coefficient (Wildman–Crippen LogP) is 3.74. The van der Waals surface area contributed by atoms with Crippen LogP contribution in [0.1, 0.15) is 41.9 Å². The lowest BCUT2D eigenvalue weighted by Crippen LogP contribution is -2.40. The van der Waals surface area contributed by atoms with Crippen LogP contribution in [-0.4, -0.2) is 65.7 Å². The lowest BCUT2D eigenvalue weighted by Gasteiger charge is -2.26.